The van der Waals surface area contributed by atoms with E-state index in [1.807, 2.05) is 62.4 Å². The van der Waals surface area contributed by atoms with Gasteiger partial charge in [0.1, 0.15) is 24.3 Å². The summed E-state index contributed by atoms with van der Waals surface area (Å²) < 4.78 is 21.3. The number of aryl methyl sites for hydroxylation is 1. The van der Waals surface area contributed by atoms with Crippen molar-refractivity contribution in [2.24, 2.45) is 0 Å². The van der Waals surface area contributed by atoms with Gasteiger partial charge in [-0.3, -0.25) is 10.1 Å². The average molecular weight is 423 g/mol. The zero-order valence-electron chi connectivity index (χ0n) is 17.6. The largest absolute Gasteiger partial charge is 0.488 e. The van der Waals surface area contributed by atoms with E-state index in [0.29, 0.717) is 30.0 Å². The van der Waals surface area contributed by atoms with Crippen LogP contribution in [0, 0.1) is 12.7 Å². The Morgan fingerprint density at radius 1 is 1.19 bits per heavy atom. The molecule has 31 heavy (non-hydrogen) atoms. The Bertz CT molecular complexity index is 1040. The summed E-state index contributed by atoms with van der Waals surface area (Å²) in [6.07, 6.45) is 5.51. The zero-order valence-corrected chi connectivity index (χ0v) is 17.6. The van der Waals surface area contributed by atoms with Gasteiger partial charge >= 0.3 is 0 Å². The number of ketones is 1. The van der Waals surface area contributed by atoms with Crippen molar-refractivity contribution in [3.8, 4) is 5.75 Å². The zero-order chi connectivity index (χ0) is 22.2. The second-order valence-corrected chi connectivity index (χ2v) is 7.31. The molecule has 0 saturated heterocycles. The second-order valence-electron chi connectivity index (χ2n) is 7.31. The molecule has 0 aliphatic rings. The van der Waals surface area contributed by atoms with Gasteiger partial charge in [0, 0.05) is 24.4 Å². The van der Waals surface area contributed by atoms with E-state index in [0.717, 1.165) is 11.1 Å². The molecular weight excluding hydrogens is 397 g/mol. The monoisotopic (exact) mass is 423 g/mol. The normalized spacial score (nSPS) is 12.3. The number of aromatic nitrogens is 1. The standard InChI is InChI=1S/C25H26FNO4/c1-3-22(17-30-29)31-23-8-4-6-19(14-23)7-5-13-27-16-21(26)15-24(27)25(28)20-11-9-18(2)10-12-20/h4-12,14-16,22,29H,3,13,17H2,1-2H3/t22-/m0/s1. The molecule has 0 bridgehead atoms. The lowest BCUT2D eigenvalue weighted by molar-refractivity contribution is -0.254. The van der Waals surface area contributed by atoms with Gasteiger partial charge in [0.15, 0.2) is 0 Å². The number of ether oxygens (including phenoxy) is 1. The summed E-state index contributed by atoms with van der Waals surface area (Å²) in [7, 11) is 0. The van der Waals surface area contributed by atoms with Gasteiger partial charge in [-0.2, -0.15) is 0 Å². The van der Waals surface area contributed by atoms with Gasteiger partial charge in [0.05, 0.1) is 5.69 Å². The average Bonchev–Trinajstić information content (AvgIpc) is 3.14. The summed E-state index contributed by atoms with van der Waals surface area (Å²) in [6, 6.07) is 16.0. The first-order valence-corrected chi connectivity index (χ1v) is 10.2. The Labute approximate surface area is 181 Å². The molecule has 3 rings (SSSR count). The predicted molar refractivity (Wildman–Crippen MR) is 118 cm³/mol. The molecule has 162 valence electrons. The van der Waals surface area contributed by atoms with Crippen LogP contribution in [0.15, 0.2) is 66.9 Å². The van der Waals surface area contributed by atoms with E-state index in [-0.39, 0.29) is 18.5 Å². The van der Waals surface area contributed by atoms with Gasteiger partial charge in [0.2, 0.25) is 5.78 Å². The predicted octanol–water partition coefficient (Wildman–Crippen LogP) is 5.53. The maximum atomic E-state index is 13.9. The van der Waals surface area contributed by atoms with Crippen LogP contribution in [0.4, 0.5) is 4.39 Å². The van der Waals surface area contributed by atoms with E-state index in [9.17, 15) is 9.18 Å². The first kappa shape index (κ1) is 22.5. The molecule has 1 atom stereocenters. The number of hydrogen-bond donors (Lipinski definition) is 1. The minimum Gasteiger partial charge on any atom is -0.488 e. The van der Waals surface area contributed by atoms with Gasteiger partial charge in [0.25, 0.3) is 0 Å². The number of carbonyl (C=O) groups is 1. The maximum Gasteiger partial charge on any atom is 0.209 e. The fraction of sp³-hybridized carbons (Fsp3) is 0.240. The highest BCUT2D eigenvalue weighted by atomic mass is 19.1. The molecule has 0 amide bonds. The van der Waals surface area contributed by atoms with Crippen molar-refractivity contribution >= 4 is 11.9 Å². The highest BCUT2D eigenvalue weighted by Gasteiger charge is 2.15. The van der Waals surface area contributed by atoms with Crippen molar-refractivity contribution in [1.82, 2.24) is 4.57 Å². The SMILES string of the molecule is CC[C@@H](COO)Oc1cccc(C=CCn2cc(F)cc2C(=O)c2ccc(C)cc2)c1. The Morgan fingerprint density at radius 2 is 1.97 bits per heavy atom. The number of halogens is 1. The first-order valence-electron chi connectivity index (χ1n) is 10.2. The molecule has 0 saturated carbocycles. The topological polar surface area (TPSA) is 60.7 Å². The van der Waals surface area contributed by atoms with Gasteiger partial charge < -0.3 is 9.30 Å². The fourth-order valence-electron chi connectivity index (χ4n) is 3.17. The van der Waals surface area contributed by atoms with Crippen molar-refractivity contribution in [2.45, 2.75) is 32.9 Å². The quantitative estimate of drug-likeness (QED) is 0.265. The molecule has 1 N–H and O–H groups in total. The van der Waals surface area contributed by atoms with Crippen molar-refractivity contribution in [3.05, 3.63) is 95.1 Å². The Morgan fingerprint density at radius 3 is 2.68 bits per heavy atom. The number of rotatable bonds is 10. The van der Waals surface area contributed by atoms with Crippen LogP contribution >= 0.6 is 0 Å². The Balaban J connectivity index is 1.71. The van der Waals surface area contributed by atoms with Gasteiger partial charge in [-0.1, -0.05) is 61.0 Å². The van der Waals surface area contributed by atoms with E-state index in [2.05, 4.69) is 4.89 Å². The summed E-state index contributed by atoms with van der Waals surface area (Å²) in [6.45, 7) is 4.33. The molecule has 1 aromatic heterocycles. The number of hydrogen-bond acceptors (Lipinski definition) is 4. The minimum absolute atomic E-state index is 0.0908. The summed E-state index contributed by atoms with van der Waals surface area (Å²) in [5.74, 6) is -0.00586. The molecular formula is C25H26FNO4. The second kappa shape index (κ2) is 10.7. The van der Waals surface area contributed by atoms with E-state index in [4.69, 9.17) is 9.99 Å². The number of benzene rings is 2. The summed E-state index contributed by atoms with van der Waals surface area (Å²) in [5, 5.41) is 8.63. The van der Waals surface area contributed by atoms with Crippen LogP contribution in [0.25, 0.3) is 6.08 Å². The van der Waals surface area contributed by atoms with Crippen LogP contribution in [0.3, 0.4) is 0 Å². The molecule has 0 spiro atoms. The molecule has 1 heterocycles. The minimum atomic E-state index is -0.448. The van der Waals surface area contributed by atoms with Crippen LogP contribution in [0.2, 0.25) is 0 Å². The molecule has 0 radical (unpaired) electrons. The van der Waals surface area contributed by atoms with Crippen molar-refractivity contribution in [1.29, 1.82) is 0 Å². The van der Waals surface area contributed by atoms with Crippen molar-refractivity contribution in [2.75, 3.05) is 6.61 Å². The maximum absolute atomic E-state index is 13.9. The van der Waals surface area contributed by atoms with Crippen LogP contribution < -0.4 is 4.74 Å². The third-order valence-corrected chi connectivity index (χ3v) is 4.90. The van der Waals surface area contributed by atoms with Crippen LogP contribution in [-0.2, 0) is 11.4 Å². The van der Waals surface area contributed by atoms with Crippen LogP contribution in [-0.4, -0.2) is 28.3 Å². The van der Waals surface area contributed by atoms with E-state index in [1.54, 1.807) is 16.7 Å². The summed E-state index contributed by atoms with van der Waals surface area (Å²) in [5.41, 5.74) is 2.78. The number of nitrogens with zero attached hydrogens (tertiary/aromatic N) is 1. The Kier molecular flexibility index (Phi) is 7.76. The van der Waals surface area contributed by atoms with Gasteiger partial charge in [-0.25, -0.2) is 9.28 Å². The van der Waals surface area contributed by atoms with E-state index < -0.39 is 5.82 Å². The van der Waals surface area contributed by atoms with E-state index in [1.165, 1.54) is 12.3 Å². The summed E-state index contributed by atoms with van der Waals surface area (Å²) >= 11 is 0. The molecule has 3 aromatic rings. The molecule has 0 aliphatic heterocycles. The van der Waals surface area contributed by atoms with E-state index >= 15 is 0 Å². The number of carbonyl (C=O) groups excluding carboxylic acids is 1. The molecule has 0 fully saturated rings. The molecule has 0 aliphatic carbocycles. The van der Waals surface area contributed by atoms with Crippen molar-refractivity contribution < 1.29 is 24.1 Å². The fourth-order valence-corrected chi connectivity index (χ4v) is 3.17. The lowest BCUT2D eigenvalue weighted by atomic mass is 10.1. The van der Waals surface area contributed by atoms with Crippen molar-refractivity contribution in [3.63, 3.8) is 0 Å². The highest BCUT2D eigenvalue weighted by Crippen LogP contribution is 2.18. The third kappa shape index (κ3) is 6.13. The first-order chi connectivity index (χ1) is 15.0. The number of allylic oxidation sites excluding steroid dienone is 1. The van der Waals surface area contributed by atoms with Gasteiger partial charge in [-0.15, -0.1) is 0 Å². The van der Waals surface area contributed by atoms with Gasteiger partial charge in [-0.05, 0) is 31.0 Å². The molecule has 5 nitrogen and oxygen atoms in total. The van der Waals surface area contributed by atoms with Crippen LogP contribution in [0.1, 0.15) is 40.5 Å². The molecule has 2 aromatic carbocycles. The molecule has 0 unspecified atom stereocenters. The molecule has 6 heteroatoms. The smallest absolute Gasteiger partial charge is 0.209 e. The Hall–Kier alpha value is -3.22. The highest BCUT2D eigenvalue weighted by molar-refractivity contribution is 6.08. The summed E-state index contributed by atoms with van der Waals surface area (Å²) in [4.78, 5) is 17.0. The van der Waals surface area contributed by atoms with Crippen LogP contribution in [0.5, 0.6) is 5.75 Å². The lowest BCUT2D eigenvalue weighted by Gasteiger charge is -2.16. The third-order valence-electron chi connectivity index (χ3n) is 4.90. The lowest BCUT2D eigenvalue weighted by Crippen LogP contribution is -2.21.